The smallest absolute Gasteiger partial charge is 0.262 e. The summed E-state index contributed by atoms with van der Waals surface area (Å²) in [7, 11) is 0. The molecule has 1 aromatic rings. The molecule has 2 N–H and O–H groups in total. The number of aliphatic hydroxyl groups is 1. The summed E-state index contributed by atoms with van der Waals surface area (Å²) in [4.78, 5) is 12.5. The van der Waals surface area contributed by atoms with Crippen molar-refractivity contribution in [2.75, 3.05) is 6.61 Å². The Balaban J connectivity index is 2.06. The maximum atomic E-state index is 11.8. The molecule has 1 aliphatic carbocycles. The van der Waals surface area contributed by atoms with E-state index in [4.69, 9.17) is 5.11 Å². The molecule has 0 radical (unpaired) electrons. The summed E-state index contributed by atoms with van der Waals surface area (Å²) < 4.78 is 0. The summed E-state index contributed by atoms with van der Waals surface area (Å²) in [5.74, 6) is 5.71. The van der Waals surface area contributed by atoms with E-state index in [-0.39, 0.29) is 12.5 Å². The van der Waals surface area contributed by atoms with Crippen molar-refractivity contribution in [2.24, 2.45) is 0 Å². The molecule has 2 rings (SSSR count). The van der Waals surface area contributed by atoms with Crippen LogP contribution in [-0.4, -0.2) is 23.7 Å². The van der Waals surface area contributed by atoms with Gasteiger partial charge in [-0.25, -0.2) is 0 Å². The third-order valence-electron chi connectivity index (χ3n) is 2.24. The second kappa shape index (κ2) is 5.15. The zero-order chi connectivity index (χ0) is 11.4. The third-order valence-corrected chi connectivity index (χ3v) is 3.16. The van der Waals surface area contributed by atoms with Crippen molar-refractivity contribution in [1.29, 1.82) is 0 Å². The molecule has 84 valence electrons. The van der Waals surface area contributed by atoms with Crippen LogP contribution in [0.2, 0.25) is 0 Å². The van der Waals surface area contributed by atoms with Crippen molar-refractivity contribution in [3.8, 4) is 11.8 Å². The van der Waals surface area contributed by atoms with Gasteiger partial charge in [-0.3, -0.25) is 4.79 Å². The van der Waals surface area contributed by atoms with Crippen LogP contribution in [-0.2, 0) is 0 Å². The van der Waals surface area contributed by atoms with E-state index in [0.717, 1.165) is 18.4 Å². The predicted molar refractivity (Wildman–Crippen MR) is 63.4 cm³/mol. The van der Waals surface area contributed by atoms with Gasteiger partial charge in [0.25, 0.3) is 5.91 Å². The Morgan fingerprint density at radius 2 is 2.44 bits per heavy atom. The number of hydrogen-bond acceptors (Lipinski definition) is 3. The summed E-state index contributed by atoms with van der Waals surface area (Å²) in [5, 5.41) is 13.4. The van der Waals surface area contributed by atoms with Crippen LogP contribution >= 0.6 is 11.3 Å². The molecule has 3 nitrogen and oxygen atoms in total. The number of thiophene rings is 1. The fraction of sp³-hybridized carbons (Fsp3) is 0.417. The monoisotopic (exact) mass is 235 g/mol. The average Bonchev–Trinajstić information content (AvgIpc) is 2.95. The second-order valence-corrected chi connectivity index (χ2v) is 4.60. The number of carbonyl (C=O) groups is 1. The van der Waals surface area contributed by atoms with Gasteiger partial charge in [-0.2, -0.15) is 0 Å². The summed E-state index contributed by atoms with van der Waals surface area (Å²) in [5.41, 5.74) is 0.761. The Hall–Kier alpha value is -1.31. The molecule has 1 amide bonds. The zero-order valence-electron chi connectivity index (χ0n) is 8.82. The number of carbonyl (C=O) groups excluding carboxylic acids is 1. The fourth-order valence-electron chi connectivity index (χ4n) is 1.28. The Morgan fingerprint density at radius 3 is 3.12 bits per heavy atom. The van der Waals surface area contributed by atoms with Crippen LogP contribution in [0, 0.1) is 11.8 Å². The minimum atomic E-state index is -0.0224. The van der Waals surface area contributed by atoms with E-state index in [2.05, 4.69) is 17.2 Å². The normalized spacial score (nSPS) is 14.1. The van der Waals surface area contributed by atoms with Crippen molar-refractivity contribution in [3.05, 3.63) is 21.9 Å². The van der Waals surface area contributed by atoms with E-state index in [1.807, 2.05) is 11.4 Å². The van der Waals surface area contributed by atoms with Gasteiger partial charge in [0.1, 0.15) is 4.88 Å². The lowest BCUT2D eigenvalue weighted by Crippen LogP contribution is -2.25. The SMILES string of the molecule is O=C(NC1CC1)c1sccc1C#CCCO. The highest BCUT2D eigenvalue weighted by Crippen LogP contribution is 2.21. The molecule has 1 fully saturated rings. The Morgan fingerprint density at radius 1 is 1.62 bits per heavy atom. The van der Waals surface area contributed by atoms with Gasteiger partial charge in [0, 0.05) is 18.0 Å². The molecule has 0 saturated heterocycles. The van der Waals surface area contributed by atoms with Crippen LogP contribution in [0.25, 0.3) is 0 Å². The van der Waals surface area contributed by atoms with Crippen molar-refractivity contribution < 1.29 is 9.90 Å². The average molecular weight is 235 g/mol. The minimum absolute atomic E-state index is 0.0224. The second-order valence-electron chi connectivity index (χ2n) is 3.69. The molecular formula is C12H13NO2S. The lowest BCUT2D eigenvalue weighted by atomic mass is 10.2. The predicted octanol–water partition coefficient (Wildman–Crippen LogP) is 1.37. The highest BCUT2D eigenvalue weighted by molar-refractivity contribution is 7.12. The molecule has 0 aliphatic heterocycles. The van der Waals surface area contributed by atoms with E-state index in [1.165, 1.54) is 11.3 Å². The van der Waals surface area contributed by atoms with Gasteiger partial charge in [-0.1, -0.05) is 11.8 Å². The zero-order valence-corrected chi connectivity index (χ0v) is 9.64. The molecule has 0 aromatic carbocycles. The molecule has 0 unspecified atom stereocenters. The number of nitrogens with one attached hydrogen (secondary N) is 1. The van der Waals surface area contributed by atoms with Gasteiger partial charge < -0.3 is 10.4 Å². The van der Waals surface area contributed by atoms with Crippen LogP contribution < -0.4 is 5.32 Å². The first-order valence-corrected chi connectivity index (χ1v) is 6.17. The molecule has 16 heavy (non-hydrogen) atoms. The molecule has 4 heteroatoms. The molecule has 1 saturated carbocycles. The van der Waals surface area contributed by atoms with E-state index < -0.39 is 0 Å². The fourth-order valence-corrected chi connectivity index (χ4v) is 2.03. The topological polar surface area (TPSA) is 49.3 Å². The Kier molecular flexibility index (Phi) is 3.60. The molecule has 0 atom stereocenters. The highest BCUT2D eigenvalue weighted by Gasteiger charge is 2.25. The van der Waals surface area contributed by atoms with Crippen molar-refractivity contribution in [3.63, 3.8) is 0 Å². The minimum Gasteiger partial charge on any atom is -0.395 e. The van der Waals surface area contributed by atoms with Crippen LogP contribution in [0.3, 0.4) is 0 Å². The van der Waals surface area contributed by atoms with Crippen molar-refractivity contribution in [2.45, 2.75) is 25.3 Å². The van der Waals surface area contributed by atoms with Crippen molar-refractivity contribution in [1.82, 2.24) is 5.32 Å². The van der Waals surface area contributed by atoms with Crippen LogP contribution in [0.4, 0.5) is 0 Å². The maximum Gasteiger partial charge on any atom is 0.262 e. The number of hydrogen-bond donors (Lipinski definition) is 2. The van der Waals surface area contributed by atoms with Crippen LogP contribution in [0.15, 0.2) is 11.4 Å². The first kappa shape index (κ1) is 11.2. The summed E-state index contributed by atoms with van der Waals surface area (Å²) in [6.45, 7) is 0.0563. The van der Waals surface area contributed by atoms with Gasteiger partial charge in [0.2, 0.25) is 0 Å². The Labute approximate surface area is 98.5 Å². The van der Waals surface area contributed by atoms with Gasteiger partial charge in [0.05, 0.1) is 6.61 Å². The van der Waals surface area contributed by atoms with E-state index in [0.29, 0.717) is 17.3 Å². The summed E-state index contributed by atoms with van der Waals surface area (Å²) in [6.07, 6.45) is 2.62. The van der Waals surface area contributed by atoms with E-state index in [1.54, 1.807) is 0 Å². The largest absolute Gasteiger partial charge is 0.395 e. The van der Waals surface area contributed by atoms with Crippen LogP contribution in [0.5, 0.6) is 0 Å². The van der Waals surface area contributed by atoms with Crippen LogP contribution in [0.1, 0.15) is 34.5 Å². The van der Waals surface area contributed by atoms with Gasteiger partial charge >= 0.3 is 0 Å². The molecular weight excluding hydrogens is 222 g/mol. The standard InChI is InChI=1S/C12H13NO2S/c14-7-2-1-3-9-6-8-16-11(9)12(15)13-10-4-5-10/h6,8,10,14H,2,4-5,7H2,(H,13,15). The maximum absolute atomic E-state index is 11.8. The molecule has 0 bridgehead atoms. The van der Waals surface area contributed by atoms with Gasteiger partial charge in [-0.05, 0) is 24.3 Å². The number of rotatable bonds is 3. The molecule has 1 aromatic heterocycles. The van der Waals surface area contributed by atoms with E-state index >= 15 is 0 Å². The Bertz CT molecular complexity index is 437. The third kappa shape index (κ3) is 2.84. The first-order chi connectivity index (χ1) is 7.81. The van der Waals surface area contributed by atoms with E-state index in [9.17, 15) is 4.79 Å². The number of amides is 1. The van der Waals surface area contributed by atoms with Crippen molar-refractivity contribution >= 4 is 17.2 Å². The molecule has 0 spiro atoms. The summed E-state index contributed by atoms with van der Waals surface area (Å²) >= 11 is 1.41. The highest BCUT2D eigenvalue weighted by atomic mass is 32.1. The lowest BCUT2D eigenvalue weighted by Gasteiger charge is -2.00. The molecule has 1 heterocycles. The lowest BCUT2D eigenvalue weighted by molar-refractivity contribution is 0.0955. The number of aliphatic hydroxyl groups excluding tert-OH is 1. The molecule has 1 aliphatic rings. The summed E-state index contributed by atoms with van der Waals surface area (Å²) in [6, 6.07) is 2.21. The quantitative estimate of drug-likeness (QED) is 0.777. The van der Waals surface area contributed by atoms with Gasteiger partial charge in [0.15, 0.2) is 0 Å². The first-order valence-electron chi connectivity index (χ1n) is 5.29. The van der Waals surface area contributed by atoms with Gasteiger partial charge in [-0.15, -0.1) is 11.3 Å².